The van der Waals surface area contributed by atoms with Crippen molar-refractivity contribution in [2.45, 2.75) is 24.8 Å². The average molecular weight is 325 g/mol. The third-order valence-electron chi connectivity index (χ3n) is 3.45. The second-order valence-electron chi connectivity index (χ2n) is 5.28. The van der Waals surface area contributed by atoms with E-state index >= 15 is 0 Å². The molecule has 0 aliphatic carbocycles. The standard InChI is InChI=1S/C14H19N3O4S/c1-22(19,20)17-8-13-14(18)12(9-21-13)16-7-11-4-2-3-10(5-11)6-15/h2-5,12-14,16-18H,7-9H2,1H3/t12-,13-,14+/m1/s1. The minimum absolute atomic E-state index is 0.0437. The third kappa shape index (κ3) is 4.76. The van der Waals surface area contributed by atoms with Crippen LogP contribution in [0.1, 0.15) is 11.1 Å². The van der Waals surface area contributed by atoms with Crippen LogP contribution in [0.15, 0.2) is 24.3 Å². The Morgan fingerprint density at radius 3 is 2.95 bits per heavy atom. The fourth-order valence-corrected chi connectivity index (χ4v) is 2.74. The van der Waals surface area contributed by atoms with Gasteiger partial charge in [-0.15, -0.1) is 0 Å². The van der Waals surface area contributed by atoms with Gasteiger partial charge < -0.3 is 15.2 Å². The van der Waals surface area contributed by atoms with Gasteiger partial charge in [0.15, 0.2) is 0 Å². The summed E-state index contributed by atoms with van der Waals surface area (Å²) in [5.41, 5.74) is 1.52. The van der Waals surface area contributed by atoms with Crippen molar-refractivity contribution in [2.75, 3.05) is 19.4 Å². The van der Waals surface area contributed by atoms with E-state index in [1.165, 1.54) is 0 Å². The number of rotatable bonds is 6. The lowest BCUT2D eigenvalue weighted by molar-refractivity contribution is 0.0444. The van der Waals surface area contributed by atoms with E-state index in [9.17, 15) is 13.5 Å². The number of nitrogens with one attached hydrogen (secondary N) is 2. The predicted molar refractivity (Wildman–Crippen MR) is 80.4 cm³/mol. The minimum Gasteiger partial charge on any atom is -0.389 e. The van der Waals surface area contributed by atoms with Crippen LogP contribution in [-0.4, -0.2) is 51.2 Å². The van der Waals surface area contributed by atoms with Gasteiger partial charge in [0.1, 0.15) is 0 Å². The first kappa shape index (κ1) is 16.9. The van der Waals surface area contributed by atoms with Crippen LogP contribution in [0, 0.1) is 11.3 Å². The fourth-order valence-electron chi connectivity index (χ4n) is 2.28. The number of nitriles is 1. The normalized spacial score (nSPS) is 25.0. The molecule has 0 amide bonds. The lowest BCUT2D eigenvalue weighted by Crippen LogP contribution is -2.44. The summed E-state index contributed by atoms with van der Waals surface area (Å²) in [6.45, 7) is 0.837. The molecule has 1 aromatic rings. The SMILES string of the molecule is CS(=O)(=O)NC[C@H]1OC[C@@H](NCc2cccc(C#N)c2)[C@@H]1O. The molecule has 22 heavy (non-hydrogen) atoms. The highest BCUT2D eigenvalue weighted by Crippen LogP contribution is 2.15. The van der Waals surface area contributed by atoms with Crippen molar-refractivity contribution in [2.24, 2.45) is 0 Å². The first-order chi connectivity index (χ1) is 10.4. The van der Waals surface area contributed by atoms with Crippen molar-refractivity contribution < 1.29 is 18.3 Å². The van der Waals surface area contributed by atoms with Crippen LogP contribution in [0.3, 0.4) is 0 Å². The number of nitrogens with zero attached hydrogens (tertiary/aromatic N) is 1. The minimum atomic E-state index is -3.31. The Labute approximate surface area is 130 Å². The maximum Gasteiger partial charge on any atom is 0.208 e. The van der Waals surface area contributed by atoms with E-state index in [0.29, 0.717) is 18.7 Å². The molecule has 0 radical (unpaired) electrons. The molecule has 1 heterocycles. The van der Waals surface area contributed by atoms with Crippen LogP contribution < -0.4 is 10.0 Å². The zero-order valence-electron chi connectivity index (χ0n) is 12.2. The summed E-state index contributed by atoms with van der Waals surface area (Å²) in [5, 5.41) is 22.2. The van der Waals surface area contributed by atoms with Crippen molar-refractivity contribution in [1.29, 1.82) is 5.26 Å². The van der Waals surface area contributed by atoms with Crippen molar-refractivity contribution in [3.05, 3.63) is 35.4 Å². The molecule has 0 saturated carbocycles. The molecular weight excluding hydrogens is 306 g/mol. The quantitative estimate of drug-likeness (QED) is 0.639. The Bertz CT molecular complexity index is 656. The van der Waals surface area contributed by atoms with Crippen LogP contribution >= 0.6 is 0 Å². The molecule has 1 aliphatic rings. The van der Waals surface area contributed by atoms with Crippen LogP contribution in [0.25, 0.3) is 0 Å². The van der Waals surface area contributed by atoms with Gasteiger partial charge in [-0.3, -0.25) is 0 Å². The van der Waals surface area contributed by atoms with Crippen molar-refractivity contribution in [3.63, 3.8) is 0 Å². The predicted octanol–water partition coefficient (Wildman–Crippen LogP) is -0.675. The summed E-state index contributed by atoms with van der Waals surface area (Å²) in [5.74, 6) is 0. The van der Waals surface area contributed by atoms with E-state index in [1.807, 2.05) is 6.07 Å². The molecule has 0 unspecified atom stereocenters. The monoisotopic (exact) mass is 325 g/mol. The molecule has 3 N–H and O–H groups in total. The van der Waals surface area contributed by atoms with E-state index in [1.54, 1.807) is 18.2 Å². The molecule has 1 aromatic carbocycles. The van der Waals surface area contributed by atoms with Gasteiger partial charge in [0.05, 0.1) is 42.7 Å². The van der Waals surface area contributed by atoms with Gasteiger partial charge in [0, 0.05) is 13.1 Å². The molecular formula is C14H19N3O4S. The van der Waals surface area contributed by atoms with Crippen LogP contribution in [0.4, 0.5) is 0 Å². The van der Waals surface area contributed by atoms with E-state index < -0.39 is 22.2 Å². The number of hydrogen-bond donors (Lipinski definition) is 3. The maximum absolute atomic E-state index is 11.1. The van der Waals surface area contributed by atoms with E-state index in [-0.39, 0.29) is 12.6 Å². The van der Waals surface area contributed by atoms with Gasteiger partial charge in [0.2, 0.25) is 10.0 Å². The largest absolute Gasteiger partial charge is 0.389 e. The number of hydrogen-bond acceptors (Lipinski definition) is 6. The van der Waals surface area contributed by atoms with Crippen LogP contribution in [-0.2, 0) is 21.3 Å². The Morgan fingerprint density at radius 1 is 1.50 bits per heavy atom. The molecule has 120 valence electrons. The summed E-state index contributed by atoms with van der Waals surface area (Å²) in [6.07, 6.45) is -0.308. The highest BCUT2D eigenvalue weighted by Gasteiger charge is 2.35. The molecule has 2 rings (SSSR count). The molecule has 8 heteroatoms. The smallest absolute Gasteiger partial charge is 0.208 e. The second-order valence-corrected chi connectivity index (χ2v) is 7.12. The number of aliphatic hydroxyl groups is 1. The van der Waals surface area contributed by atoms with Gasteiger partial charge in [-0.25, -0.2) is 13.1 Å². The second kappa shape index (κ2) is 7.17. The Morgan fingerprint density at radius 2 is 2.27 bits per heavy atom. The Balaban J connectivity index is 1.85. The zero-order valence-corrected chi connectivity index (χ0v) is 13.0. The van der Waals surface area contributed by atoms with Gasteiger partial charge >= 0.3 is 0 Å². The van der Waals surface area contributed by atoms with Crippen LogP contribution in [0.2, 0.25) is 0 Å². The summed E-state index contributed by atoms with van der Waals surface area (Å²) >= 11 is 0. The van der Waals surface area contributed by atoms with Crippen molar-refractivity contribution in [3.8, 4) is 6.07 Å². The number of ether oxygens (including phenoxy) is 1. The zero-order chi connectivity index (χ0) is 16.2. The van der Waals surface area contributed by atoms with Gasteiger partial charge in [0.25, 0.3) is 0 Å². The lowest BCUT2D eigenvalue weighted by atomic mass is 10.1. The summed E-state index contributed by atoms with van der Waals surface area (Å²) < 4.78 is 29.9. The van der Waals surface area contributed by atoms with E-state index in [0.717, 1.165) is 11.8 Å². The summed E-state index contributed by atoms with van der Waals surface area (Å²) in [7, 11) is -3.31. The van der Waals surface area contributed by atoms with Gasteiger partial charge in [-0.1, -0.05) is 12.1 Å². The molecule has 1 aliphatic heterocycles. The van der Waals surface area contributed by atoms with Gasteiger partial charge in [-0.2, -0.15) is 5.26 Å². The summed E-state index contributed by atoms with van der Waals surface area (Å²) in [6, 6.07) is 8.99. The van der Waals surface area contributed by atoms with Gasteiger partial charge in [-0.05, 0) is 17.7 Å². The number of sulfonamides is 1. The molecule has 0 spiro atoms. The van der Waals surface area contributed by atoms with Crippen molar-refractivity contribution >= 4 is 10.0 Å². The number of aliphatic hydroxyl groups excluding tert-OH is 1. The molecule has 1 saturated heterocycles. The lowest BCUT2D eigenvalue weighted by Gasteiger charge is -2.18. The average Bonchev–Trinajstić information content (AvgIpc) is 2.83. The fraction of sp³-hybridized carbons (Fsp3) is 0.500. The third-order valence-corrected chi connectivity index (χ3v) is 4.15. The highest BCUT2D eigenvalue weighted by molar-refractivity contribution is 7.88. The molecule has 0 aromatic heterocycles. The Hall–Kier alpha value is -1.50. The topological polar surface area (TPSA) is 111 Å². The van der Waals surface area contributed by atoms with Crippen molar-refractivity contribution in [1.82, 2.24) is 10.0 Å². The molecule has 1 fully saturated rings. The van der Waals surface area contributed by atoms with E-state index in [2.05, 4.69) is 16.1 Å². The summed E-state index contributed by atoms with van der Waals surface area (Å²) in [4.78, 5) is 0. The Kier molecular flexibility index (Phi) is 5.50. The molecule has 3 atom stereocenters. The first-order valence-electron chi connectivity index (χ1n) is 6.86. The highest BCUT2D eigenvalue weighted by atomic mass is 32.2. The maximum atomic E-state index is 11.1. The first-order valence-corrected chi connectivity index (χ1v) is 8.75. The van der Waals surface area contributed by atoms with Crippen LogP contribution in [0.5, 0.6) is 0 Å². The molecule has 7 nitrogen and oxygen atoms in total. The molecule has 0 bridgehead atoms. The van der Waals surface area contributed by atoms with E-state index in [4.69, 9.17) is 10.00 Å². The number of benzene rings is 1.